The second-order valence-corrected chi connectivity index (χ2v) is 3.05. The predicted molar refractivity (Wildman–Crippen MR) is 60.0 cm³/mol. The normalized spacial score (nSPS) is 13.9. The van der Waals surface area contributed by atoms with Gasteiger partial charge in [-0.1, -0.05) is 7.43 Å². The fraction of sp³-hybridized carbons (Fsp3) is 0.900. The number of carbonyl (C=O) groups is 1. The van der Waals surface area contributed by atoms with Gasteiger partial charge < -0.3 is 14.2 Å². The summed E-state index contributed by atoms with van der Waals surface area (Å²) >= 11 is 5.62. The summed E-state index contributed by atoms with van der Waals surface area (Å²) in [5.74, 6) is -0.0715. The van der Waals surface area contributed by atoms with Gasteiger partial charge in [-0.25, -0.2) is 0 Å². The van der Waals surface area contributed by atoms with E-state index in [4.69, 9.17) is 25.8 Å². The van der Waals surface area contributed by atoms with Crippen LogP contribution in [-0.2, 0) is 19.0 Å². The van der Waals surface area contributed by atoms with E-state index in [1.165, 1.54) is 6.92 Å². The summed E-state index contributed by atoms with van der Waals surface area (Å²) < 4.78 is 15.3. The molecule has 0 fully saturated rings. The van der Waals surface area contributed by atoms with E-state index < -0.39 is 0 Å². The zero-order valence-corrected chi connectivity index (χ0v) is 9.54. The summed E-state index contributed by atoms with van der Waals surface area (Å²) in [7, 11) is 0. The molecule has 0 amide bonds. The Balaban J connectivity index is 0. The number of ether oxygens (including phenoxy) is 3. The number of carbonyl (C=O) groups excluding carboxylic acids is 1. The first-order valence-electron chi connectivity index (χ1n) is 4.56. The van der Waals surface area contributed by atoms with Crippen LogP contribution in [0.1, 0.15) is 28.2 Å². The summed E-state index contributed by atoms with van der Waals surface area (Å²) in [6.07, 6.45) is -0.651. The van der Waals surface area contributed by atoms with Gasteiger partial charge in [-0.15, -0.1) is 11.6 Å². The maximum Gasteiger partial charge on any atom is 0.302 e. The molecule has 0 spiro atoms. The lowest BCUT2D eigenvalue weighted by Crippen LogP contribution is -2.28. The third kappa shape index (κ3) is 9.97. The lowest BCUT2D eigenvalue weighted by Gasteiger charge is -2.19. The average molecular weight is 241 g/mol. The van der Waals surface area contributed by atoms with E-state index in [0.29, 0.717) is 6.61 Å². The molecule has 0 aliphatic carbocycles. The topological polar surface area (TPSA) is 44.8 Å². The Labute approximate surface area is 96.8 Å². The third-order valence-corrected chi connectivity index (χ3v) is 1.77. The van der Waals surface area contributed by atoms with Gasteiger partial charge in [0, 0.05) is 13.5 Å². The van der Waals surface area contributed by atoms with Crippen LogP contribution in [0.2, 0.25) is 0 Å². The molecule has 92 valence electrons. The van der Waals surface area contributed by atoms with Gasteiger partial charge in [-0.2, -0.15) is 0 Å². The highest BCUT2D eigenvalue weighted by atomic mass is 35.5. The molecule has 0 heterocycles. The largest absolute Gasteiger partial charge is 0.463 e. The van der Waals surface area contributed by atoms with E-state index in [1.807, 2.05) is 6.92 Å². The molecular weight excluding hydrogens is 220 g/mol. The van der Waals surface area contributed by atoms with Gasteiger partial charge in [0.2, 0.25) is 0 Å². The van der Waals surface area contributed by atoms with Crippen molar-refractivity contribution < 1.29 is 19.0 Å². The first kappa shape index (κ1) is 17.1. The molecule has 0 aromatic rings. The van der Waals surface area contributed by atoms with Crippen molar-refractivity contribution in [2.45, 2.75) is 40.6 Å². The van der Waals surface area contributed by atoms with E-state index in [1.54, 1.807) is 6.92 Å². The number of hydrogen-bond acceptors (Lipinski definition) is 4. The van der Waals surface area contributed by atoms with Crippen LogP contribution < -0.4 is 0 Å². The van der Waals surface area contributed by atoms with Crippen LogP contribution in [0.3, 0.4) is 0 Å². The summed E-state index contributed by atoms with van der Waals surface area (Å²) in [6.45, 7) is 5.73. The first-order chi connectivity index (χ1) is 6.60. The number of rotatable bonds is 7. The highest BCUT2D eigenvalue weighted by molar-refractivity contribution is 6.18. The summed E-state index contributed by atoms with van der Waals surface area (Å²) in [5, 5.41) is 0. The van der Waals surface area contributed by atoms with E-state index in [9.17, 15) is 4.79 Å². The average Bonchev–Trinajstić information content (AvgIpc) is 2.12. The van der Waals surface area contributed by atoms with Gasteiger partial charge in [0.05, 0.1) is 5.88 Å². The van der Waals surface area contributed by atoms with Crippen LogP contribution in [0.25, 0.3) is 0 Å². The minimum absolute atomic E-state index is 0. The molecule has 0 aromatic heterocycles. The van der Waals surface area contributed by atoms with E-state index >= 15 is 0 Å². The molecule has 0 bridgehead atoms. The first-order valence-corrected chi connectivity index (χ1v) is 5.10. The Hall–Kier alpha value is -0.320. The zero-order chi connectivity index (χ0) is 11.0. The van der Waals surface area contributed by atoms with Gasteiger partial charge >= 0.3 is 5.97 Å². The minimum atomic E-state index is -0.340. The molecule has 0 aliphatic heterocycles. The zero-order valence-electron chi connectivity index (χ0n) is 8.79. The SMILES string of the molecule is C.CCOC(C)OC(CCl)COC(C)=O. The van der Waals surface area contributed by atoms with Gasteiger partial charge in [0.1, 0.15) is 12.7 Å². The molecule has 4 nitrogen and oxygen atoms in total. The van der Waals surface area contributed by atoms with Gasteiger partial charge in [0.15, 0.2) is 6.29 Å². The van der Waals surface area contributed by atoms with Crippen molar-refractivity contribution in [1.29, 1.82) is 0 Å². The molecule has 0 saturated carbocycles. The smallest absolute Gasteiger partial charge is 0.302 e. The van der Waals surface area contributed by atoms with E-state index in [0.717, 1.165) is 0 Å². The van der Waals surface area contributed by atoms with Crippen molar-refractivity contribution in [1.82, 2.24) is 0 Å². The molecule has 2 atom stereocenters. The fourth-order valence-electron chi connectivity index (χ4n) is 0.876. The second kappa shape index (κ2) is 10.2. The monoisotopic (exact) mass is 240 g/mol. The number of hydrogen-bond donors (Lipinski definition) is 0. The Morgan fingerprint density at radius 3 is 2.47 bits per heavy atom. The second-order valence-electron chi connectivity index (χ2n) is 2.74. The number of alkyl halides is 1. The van der Waals surface area contributed by atoms with Crippen molar-refractivity contribution in [2.75, 3.05) is 19.1 Å². The summed E-state index contributed by atoms with van der Waals surface area (Å²) in [5.41, 5.74) is 0. The molecule has 2 unspecified atom stereocenters. The van der Waals surface area contributed by atoms with Crippen LogP contribution in [-0.4, -0.2) is 37.5 Å². The quantitative estimate of drug-likeness (QED) is 0.389. The molecular formula is C10H21ClO4. The van der Waals surface area contributed by atoms with Crippen molar-refractivity contribution >= 4 is 17.6 Å². The van der Waals surface area contributed by atoms with Crippen LogP contribution in [0.5, 0.6) is 0 Å². The van der Waals surface area contributed by atoms with E-state index in [-0.39, 0.29) is 38.3 Å². The number of halogens is 1. The van der Waals surface area contributed by atoms with Gasteiger partial charge in [-0.05, 0) is 13.8 Å². The lowest BCUT2D eigenvalue weighted by atomic mass is 10.4. The van der Waals surface area contributed by atoms with Crippen molar-refractivity contribution in [3.8, 4) is 0 Å². The Bertz CT molecular complexity index is 164. The van der Waals surface area contributed by atoms with Crippen molar-refractivity contribution in [3.05, 3.63) is 0 Å². The third-order valence-electron chi connectivity index (χ3n) is 1.43. The maximum atomic E-state index is 10.5. The molecule has 0 N–H and O–H groups in total. The fourth-order valence-corrected chi connectivity index (χ4v) is 1.04. The number of esters is 1. The lowest BCUT2D eigenvalue weighted by molar-refractivity contribution is -0.171. The molecule has 5 heteroatoms. The minimum Gasteiger partial charge on any atom is -0.463 e. The highest BCUT2D eigenvalue weighted by Crippen LogP contribution is 2.03. The molecule has 0 radical (unpaired) electrons. The van der Waals surface area contributed by atoms with Crippen molar-refractivity contribution in [2.24, 2.45) is 0 Å². The summed E-state index contributed by atoms with van der Waals surface area (Å²) in [6, 6.07) is 0. The highest BCUT2D eigenvalue weighted by Gasteiger charge is 2.13. The Kier molecular flexibility index (Phi) is 11.6. The van der Waals surface area contributed by atoms with Crippen molar-refractivity contribution in [3.63, 3.8) is 0 Å². The predicted octanol–water partition coefficient (Wildman–Crippen LogP) is 2.19. The molecule has 0 rings (SSSR count). The van der Waals surface area contributed by atoms with Crippen LogP contribution >= 0.6 is 11.6 Å². The van der Waals surface area contributed by atoms with Gasteiger partial charge in [-0.3, -0.25) is 4.79 Å². The molecule has 15 heavy (non-hydrogen) atoms. The van der Waals surface area contributed by atoms with Crippen LogP contribution in [0.15, 0.2) is 0 Å². The summed E-state index contributed by atoms with van der Waals surface area (Å²) in [4.78, 5) is 10.5. The van der Waals surface area contributed by atoms with Crippen LogP contribution in [0.4, 0.5) is 0 Å². The Morgan fingerprint density at radius 2 is 2.07 bits per heavy atom. The molecule has 0 aliphatic rings. The maximum absolute atomic E-state index is 10.5. The van der Waals surface area contributed by atoms with Gasteiger partial charge in [0.25, 0.3) is 0 Å². The molecule has 0 saturated heterocycles. The Morgan fingerprint density at radius 1 is 1.47 bits per heavy atom. The standard InChI is InChI=1S/C9H17ClO4.CH4/c1-4-12-8(3)14-9(5-10)6-13-7(2)11;/h8-9H,4-6H2,1-3H3;1H4. The molecule has 0 aromatic carbocycles. The van der Waals surface area contributed by atoms with Crippen LogP contribution in [0, 0.1) is 0 Å². The van der Waals surface area contributed by atoms with E-state index in [2.05, 4.69) is 0 Å².